The van der Waals surface area contributed by atoms with Crippen LogP contribution in [0.4, 0.5) is 0 Å². The predicted octanol–water partition coefficient (Wildman–Crippen LogP) is 5.25. The van der Waals surface area contributed by atoms with E-state index in [-0.39, 0.29) is 5.54 Å². The quantitative estimate of drug-likeness (QED) is 0.794. The minimum Gasteiger partial charge on any atom is -0.308 e. The second-order valence-electron chi connectivity index (χ2n) is 5.71. The van der Waals surface area contributed by atoms with Crippen LogP contribution in [0, 0.1) is 6.92 Å². The Kier molecular flexibility index (Phi) is 5.29. The standard InChI is InChI=1S/C15H19BrN2S2/c1-10-9-19-14(18-10)20-13-6-5-12(16)7-11(13)8-17-15(2,3)4/h5-7,9,17H,8H2,1-4H3. The zero-order valence-electron chi connectivity index (χ0n) is 12.2. The topological polar surface area (TPSA) is 24.9 Å². The van der Waals surface area contributed by atoms with Crippen LogP contribution >= 0.6 is 39.0 Å². The van der Waals surface area contributed by atoms with E-state index in [1.807, 2.05) is 6.92 Å². The zero-order chi connectivity index (χ0) is 14.8. The van der Waals surface area contributed by atoms with E-state index in [0.29, 0.717) is 0 Å². The van der Waals surface area contributed by atoms with Crippen molar-refractivity contribution in [1.29, 1.82) is 0 Å². The van der Waals surface area contributed by atoms with Crippen LogP contribution in [-0.4, -0.2) is 10.5 Å². The number of aryl methyl sites for hydroxylation is 1. The number of hydrogen-bond acceptors (Lipinski definition) is 4. The highest BCUT2D eigenvalue weighted by atomic mass is 79.9. The summed E-state index contributed by atoms with van der Waals surface area (Å²) in [4.78, 5) is 5.79. The smallest absolute Gasteiger partial charge is 0.154 e. The van der Waals surface area contributed by atoms with Crippen molar-refractivity contribution in [3.8, 4) is 0 Å². The van der Waals surface area contributed by atoms with Crippen LogP contribution in [0.3, 0.4) is 0 Å². The summed E-state index contributed by atoms with van der Waals surface area (Å²) < 4.78 is 2.21. The first-order valence-electron chi connectivity index (χ1n) is 6.47. The van der Waals surface area contributed by atoms with Gasteiger partial charge >= 0.3 is 0 Å². The molecular weight excluding hydrogens is 352 g/mol. The van der Waals surface area contributed by atoms with Gasteiger partial charge in [-0.05, 0) is 51.5 Å². The van der Waals surface area contributed by atoms with Gasteiger partial charge in [-0.2, -0.15) is 0 Å². The molecule has 1 N–H and O–H groups in total. The number of hydrogen-bond donors (Lipinski definition) is 1. The van der Waals surface area contributed by atoms with Crippen molar-refractivity contribution in [3.63, 3.8) is 0 Å². The van der Waals surface area contributed by atoms with Crippen LogP contribution in [-0.2, 0) is 6.54 Å². The molecule has 20 heavy (non-hydrogen) atoms. The number of nitrogens with zero attached hydrogens (tertiary/aromatic N) is 1. The van der Waals surface area contributed by atoms with E-state index in [2.05, 4.69) is 70.6 Å². The van der Waals surface area contributed by atoms with Crippen LogP contribution in [0.2, 0.25) is 0 Å². The average molecular weight is 371 g/mol. The number of thiazole rings is 1. The molecule has 2 aromatic rings. The molecule has 0 spiro atoms. The first-order chi connectivity index (χ1) is 9.33. The summed E-state index contributed by atoms with van der Waals surface area (Å²) in [5.41, 5.74) is 2.50. The number of aromatic nitrogens is 1. The molecule has 0 bridgehead atoms. The third kappa shape index (κ3) is 4.88. The molecule has 5 heteroatoms. The Morgan fingerprint density at radius 3 is 2.70 bits per heavy atom. The van der Waals surface area contributed by atoms with E-state index in [4.69, 9.17) is 0 Å². The van der Waals surface area contributed by atoms with Crippen LogP contribution in [0.1, 0.15) is 32.0 Å². The molecule has 2 rings (SSSR count). The van der Waals surface area contributed by atoms with Gasteiger partial charge in [0.25, 0.3) is 0 Å². The predicted molar refractivity (Wildman–Crippen MR) is 91.7 cm³/mol. The van der Waals surface area contributed by atoms with Crippen LogP contribution in [0.5, 0.6) is 0 Å². The highest BCUT2D eigenvalue weighted by Gasteiger charge is 2.12. The molecule has 108 valence electrons. The lowest BCUT2D eigenvalue weighted by atomic mass is 10.1. The molecule has 0 unspecified atom stereocenters. The minimum atomic E-state index is 0.113. The minimum absolute atomic E-state index is 0.113. The Hall–Kier alpha value is -0.360. The Morgan fingerprint density at radius 2 is 2.10 bits per heavy atom. The summed E-state index contributed by atoms with van der Waals surface area (Å²) in [6.45, 7) is 9.44. The van der Waals surface area contributed by atoms with Gasteiger partial charge in [-0.25, -0.2) is 4.98 Å². The van der Waals surface area contributed by atoms with Gasteiger partial charge < -0.3 is 5.32 Å². The molecule has 0 aliphatic carbocycles. The van der Waals surface area contributed by atoms with Gasteiger partial charge in [-0.3, -0.25) is 0 Å². The van der Waals surface area contributed by atoms with Gasteiger partial charge in [0.1, 0.15) is 0 Å². The van der Waals surface area contributed by atoms with E-state index in [9.17, 15) is 0 Å². The molecule has 1 aromatic heterocycles. The summed E-state index contributed by atoms with van der Waals surface area (Å²) in [7, 11) is 0. The number of rotatable bonds is 4. The average Bonchev–Trinajstić information content (AvgIpc) is 2.74. The Morgan fingerprint density at radius 1 is 1.35 bits per heavy atom. The van der Waals surface area contributed by atoms with Crippen LogP contribution in [0.15, 0.2) is 37.3 Å². The molecule has 0 radical (unpaired) electrons. The molecule has 0 saturated heterocycles. The summed E-state index contributed by atoms with van der Waals surface area (Å²) in [5, 5.41) is 5.64. The third-order valence-corrected chi connectivity index (χ3v) is 5.29. The summed E-state index contributed by atoms with van der Waals surface area (Å²) in [6.07, 6.45) is 0. The maximum Gasteiger partial charge on any atom is 0.154 e. The lowest BCUT2D eigenvalue weighted by Crippen LogP contribution is -2.35. The Balaban J connectivity index is 2.19. The SMILES string of the molecule is Cc1csc(Sc2ccc(Br)cc2CNC(C)(C)C)n1. The van der Waals surface area contributed by atoms with Crippen molar-refractivity contribution in [2.45, 2.75) is 49.0 Å². The lowest BCUT2D eigenvalue weighted by molar-refractivity contribution is 0.422. The lowest BCUT2D eigenvalue weighted by Gasteiger charge is -2.21. The molecule has 0 aliphatic rings. The van der Waals surface area contributed by atoms with E-state index in [1.54, 1.807) is 23.1 Å². The molecule has 0 atom stereocenters. The van der Waals surface area contributed by atoms with Crippen molar-refractivity contribution in [2.75, 3.05) is 0 Å². The molecule has 0 fully saturated rings. The molecule has 1 aromatic carbocycles. The summed E-state index contributed by atoms with van der Waals surface area (Å²) in [6, 6.07) is 6.43. The number of nitrogens with one attached hydrogen (secondary N) is 1. The Labute approximate surface area is 137 Å². The van der Waals surface area contributed by atoms with E-state index < -0.39 is 0 Å². The van der Waals surface area contributed by atoms with Crippen molar-refractivity contribution >= 4 is 39.0 Å². The fourth-order valence-electron chi connectivity index (χ4n) is 1.62. The molecule has 2 nitrogen and oxygen atoms in total. The second kappa shape index (κ2) is 6.60. The first-order valence-corrected chi connectivity index (χ1v) is 8.96. The zero-order valence-corrected chi connectivity index (χ0v) is 15.4. The highest BCUT2D eigenvalue weighted by Crippen LogP contribution is 2.34. The molecule has 1 heterocycles. The van der Waals surface area contributed by atoms with Gasteiger partial charge in [0.2, 0.25) is 0 Å². The molecule has 0 saturated carbocycles. The van der Waals surface area contributed by atoms with Gasteiger partial charge in [-0.15, -0.1) is 11.3 Å². The van der Waals surface area contributed by atoms with Crippen LogP contribution in [0.25, 0.3) is 0 Å². The van der Waals surface area contributed by atoms with E-state index >= 15 is 0 Å². The van der Waals surface area contributed by atoms with Gasteiger partial charge in [-0.1, -0.05) is 27.7 Å². The second-order valence-corrected chi connectivity index (χ2v) is 8.78. The van der Waals surface area contributed by atoms with Crippen molar-refractivity contribution in [3.05, 3.63) is 39.3 Å². The molecular formula is C15H19BrN2S2. The summed E-state index contributed by atoms with van der Waals surface area (Å²) >= 11 is 7.00. The highest BCUT2D eigenvalue weighted by molar-refractivity contribution is 9.10. The monoisotopic (exact) mass is 370 g/mol. The van der Waals surface area contributed by atoms with Gasteiger partial charge in [0, 0.05) is 32.5 Å². The number of halogens is 1. The van der Waals surface area contributed by atoms with Crippen LogP contribution < -0.4 is 5.32 Å². The van der Waals surface area contributed by atoms with E-state index in [1.165, 1.54) is 10.5 Å². The fourth-order valence-corrected chi connectivity index (χ4v) is 3.93. The van der Waals surface area contributed by atoms with Gasteiger partial charge in [0.15, 0.2) is 4.34 Å². The molecule has 0 aliphatic heterocycles. The van der Waals surface area contributed by atoms with Crippen molar-refractivity contribution in [1.82, 2.24) is 10.3 Å². The third-order valence-electron chi connectivity index (χ3n) is 2.63. The summed E-state index contributed by atoms with van der Waals surface area (Å²) in [5.74, 6) is 0. The van der Waals surface area contributed by atoms with Crippen molar-refractivity contribution in [2.24, 2.45) is 0 Å². The number of benzene rings is 1. The first kappa shape index (κ1) is 16.0. The van der Waals surface area contributed by atoms with E-state index in [0.717, 1.165) is 21.1 Å². The van der Waals surface area contributed by atoms with Crippen molar-refractivity contribution < 1.29 is 0 Å². The fraction of sp³-hybridized carbons (Fsp3) is 0.400. The maximum absolute atomic E-state index is 4.53. The maximum atomic E-state index is 4.53. The van der Waals surface area contributed by atoms with Gasteiger partial charge in [0.05, 0.1) is 0 Å². The Bertz CT molecular complexity index is 588. The largest absolute Gasteiger partial charge is 0.308 e. The normalized spacial score (nSPS) is 11.8. The molecule has 0 amide bonds.